The van der Waals surface area contributed by atoms with Crippen LogP contribution < -0.4 is 20.1 Å². The van der Waals surface area contributed by atoms with Crippen LogP contribution in [0.1, 0.15) is 11.4 Å². The fourth-order valence-electron chi connectivity index (χ4n) is 3.35. The molecule has 0 fully saturated rings. The molecule has 0 atom stereocenters. The SMILES string of the molecule is COc1ccc(NCc2nnc(SCC(=O)Nc3ccc(OC)cc3)n2-c2ccc(C)cc2)cc1. The molecule has 0 aliphatic rings. The average molecular weight is 490 g/mol. The highest BCUT2D eigenvalue weighted by Gasteiger charge is 2.16. The van der Waals surface area contributed by atoms with Crippen molar-refractivity contribution >= 4 is 29.0 Å². The molecule has 4 rings (SSSR count). The van der Waals surface area contributed by atoms with Crippen LogP contribution in [0.15, 0.2) is 78.0 Å². The van der Waals surface area contributed by atoms with E-state index in [1.54, 1.807) is 38.5 Å². The van der Waals surface area contributed by atoms with Gasteiger partial charge in [-0.2, -0.15) is 0 Å². The van der Waals surface area contributed by atoms with Crippen molar-refractivity contribution in [2.45, 2.75) is 18.6 Å². The maximum absolute atomic E-state index is 12.6. The van der Waals surface area contributed by atoms with Gasteiger partial charge in [0.05, 0.1) is 26.5 Å². The van der Waals surface area contributed by atoms with Crippen LogP contribution in [-0.4, -0.2) is 40.6 Å². The number of methoxy groups -OCH3 is 2. The first kappa shape index (κ1) is 24.2. The molecule has 35 heavy (non-hydrogen) atoms. The number of thioether (sulfide) groups is 1. The molecule has 0 aliphatic carbocycles. The zero-order chi connectivity index (χ0) is 24.6. The highest BCUT2D eigenvalue weighted by Crippen LogP contribution is 2.24. The molecular weight excluding hydrogens is 462 g/mol. The zero-order valence-corrected chi connectivity index (χ0v) is 20.6. The van der Waals surface area contributed by atoms with Crippen LogP contribution in [0, 0.1) is 6.92 Å². The normalized spacial score (nSPS) is 10.6. The van der Waals surface area contributed by atoms with E-state index in [0.717, 1.165) is 34.3 Å². The summed E-state index contributed by atoms with van der Waals surface area (Å²) in [6.07, 6.45) is 0. The summed E-state index contributed by atoms with van der Waals surface area (Å²) < 4.78 is 12.4. The number of aryl methyl sites for hydroxylation is 1. The van der Waals surface area contributed by atoms with Crippen molar-refractivity contribution in [2.24, 2.45) is 0 Å². The van der Waals surface area contributed by atoms with E-state index in [1.165, 1.54) is 11.8 Å². The van der Waals surface area contributed by atoms with Crippen LogP contribution in [0.2, 0.25) is 0 Å². The Morgan fingerprint density at radius 3 is 2.06 bits per heavy atom. The van der Waals surface area contributed by atoms with Crippen LogP contribution in [0.4, 0.5) is 11.4 Å². The second kappa shape index (κ2) is 11.4. The summed E-state index contributed by atoms with van der Waals surface area (Å²) in [5, 5.41) is 15.7. The largest absolute Gasteiger partial charge is 0.497 e. The lowest BCUT2D eigenvalue weighted by molar-refractivity contribution is -0.113. The van der Waals surface area contributed by atoms with Crippen molar-refractivity contribution in [3.05, 3.63) is 84.2 Å². The maximum atomic E-state index is 12.6. The van der Waals surface area contributed by atoms with Crippen molar-refractivity contribution in [1.82, 2.24) is 14.8 Å². The zero-order valence-electron chi connectivity index (χ0n) is 19.8. The van der Waals surface area contributed by atoms with Crippen LogP contribution in [0.3, 0.4) is 0 Å². The van der Waals surface area contributed by atoms with Crippen molar-refractivity contribution in [2.75, 3.05) is 30.6 Å². The van der Waals surface area contributed by atoms with Gasteiger partial charge in [0.25, 0.3) is 0 Å². The minimum Gasteiger partial charge on any atom is -0.497 e. The molecule has 9 heteroatoms. The lowest BCUT2D eigenvalue weighted by atomic mass is 10.2. The molecular formula is C26H27N5O3S. The number of benzene rings is 3. The number of ether oxygens (including phenoxy) is 2. The summed E-state index contributed by atoms with van der Waals surface area (Å²) in [5.41, 5.74) is 3.75. The lowest BCUT2D eigenvalue weighted by Gasteiger charge is -2.12. The van der Waals surface area contributed by atoms with Crippen molar-refractivity contribution in [3.8, 4) is 17.2 Å². The number of aromatic nitrogens is 3. The molecule has 1 aromatic heterocycles. The van der Waals surface area contributed by atoms with E-state index in [4.69, 9.17) is 9.47 Å². The van der Waals surface area contributed by atoms with Gasteiger partial charge in [-0.25, -0.2) is 0 Å². The smallest absolute Gasteiger partial charge is 0.234 e. The monoisotopic (exact) mass is 489 g/mol. The minimum atomic E-state index is -0.128. The average Bonchev–Trinajstić information content (AvgIpc) is 3.30. The molecule has 1 heterocycles. The van der Waals surface area contributed by atoms with Crippen LogP contribution >= 0.6 is 11.8 Å². The first-order valence-electron chi connectivity index (χ1n) is 11.0. The fraction of sp³-hybridized carbons (Fsp3) is 0.192. The van der Waals surface area contributed by atoms with E-state index in [1.807, 2.05) is 60.0 Å². The van der Waals surface area contributed by atoms with E-state index in [-0.39, 0.29) is 11.7 Å². The van der Waals surface area contributed by atoms with Gasteiger partial charge in [0.2, 0.25) is 5.91 Å². The van der Waals surface area contributed by atoms with Crippen LogP contribution in [0.5, 0.6) is 11.5 Å². The van der Waals surface area contributed by atoms with Crippen LogP contribution in [-0.2, 0) is 11.3 Å². The summed E-state index contributed by atoms with van der Waals surface area (Å²) in [6, 6.07) is 23.0. The maximum Gasteiger partial charge on any atom is 0.234 e. The molecule has 0 bridgehead atoms. The quantitative estimate of drug-likeness (QED) is 0.305. The number of nitrogens with one attached hydrogen (secondary N) is 2. The molecule has 2 N–H and O–H groups in total. The third-order valence-corrected chi connectivity index (χ3v) is 6.17. The summed E-state index contributed by atoms with van der Waals surface area (Å²) >= 11 is 1.34. The Balaban J connectivity index is 1.48. The Morgan fingerprint density at radius 1 is 0.857 bits per heavy atom. The first-order valence-corrected chi connectivity index (χ1v) is 12.0. The van der Waals surface area contributed by atoms with E-state index in [9.17, 15) is 4.79 Å². The third kappa shape index (κ3) is 6.33. The van der Waals surface area contributed by atoms with E-state index in [2.05, 4.69) is 20.8 Å². The molecule has 1 amide bonds. The number of nitrogens with zero attached hydrogens (tertiary/aromatic N) is 3. The van der Waals surface area contributed by atoms with Crippen LogP contribution in [0.25, 0.3) is 5.69 Å². The molecule has 0 saturated heterocycles. The number of anilines is 2. The standard InChI is InChI=1S/C26H27N5O3S/c1-18-4-10-21(11-5-18)31-24(16-27-19-6-12-22(33-2)13-7-19)29-30-26(31)35-17-25(32)28-20-8-14-23(34-3)15-9-20/h4-15,27H,16-17H2,1-3H3,(H,28,32). The number of amides is 1. The van der Waals surface area contributed by atoms with Gasteiger partial charge in [-0.3, -0.25) is 9.36 Å². The lowest BCUT2D eigenvalue weighted by Crippen LogP contribution is -2.15. The van der Waals surface area contributed by atoms with E-state index < -0.39 is 0 Å². The Morgan fingerprint density at radius 2 is 1.46 bits per heavy atom. The fourth-order valence-corrected chi connectivity index (χ4v) is 4.12. The van der Waals surface area contributed by atoms with Gasteiger partial charge in [-0.1, -0.05) is 29.5 Å². The highest BCUT2D eigenvalue weighted by molar-refractivity contribution is 7.99. The Hall–Kier alpha value is -3.98. The van der Waals surface area contributed by atoms with Crippen molar-refractivity contribution in [3.63, 3.8) is 0 Å². The number of carbonyl (C=O) groups is 1. The predicted molar refractivity (Wildman–Crippen MR) is 139 cm³/mol. The van der Waals surface area contributed by atoms with Gasteiger partial charge < -0.3 is 20.1 Å². The van der Waals surface area contributed by atoms with Crippen molar-refractivity contribution in [1.29, 1.82) is 0 Å². The second-order valence-corrected chi connectivity index (χ2v) is 8.66. The summed E-state index contributed by atoms with van der Waals surface area (Å²) in [6.45, 7) is 2.51. The molecule has 0 radical (unpaired) electrons. The molecule has 0 saturated carbocycles. The number of hydrogen-bond donors (Lipinski definition) is 2. The molecule has 0 unspecified atom stereocenters. The number of carbonyl (C=O) groups excluding carboxylic acids is 1. The first-order chi connectivity index (χ1) is 17.1. The third-order valence-electron chi connectivity index (χ3n) is 5.24. The van der Waals surface area contributed by atoms with Gasteiger partial charge >= 0.3 is 0 Å². The summed E-state index contributed by atoms with van der Waals surface area (Å²) in [5.74, 6) is 2.34. The Kier molecular flexibility index (Phi) is 7.89. The highest BCUT2D eigenvalue weighted by atomic mass is 32.2. The van der Waals surface area contributed by atoms with E-state index in [0.29, 0.717) is 17.4 Å². The molecule has 4 aromatic rings. The molecule has 3 aromatic carbocycles. The molecule has 180 valence electrons. The van der Waals surface area contributed by atoms with Gasteiger partial charge in [-0.15, -0.1) is 10.2 Å². The predicted octanol–water partition coefficient (Wildman–Crippen LogP) is 4.94. The minimum absolute atomic E-state index is 0.128. The van der Waals surface area contributed by atoms with Gasteiger partial charge in [-0.05, 0) is 67.6 Å². The number of hydrogen-bond acceptors (Lipinski definition) is 7. The Bertz CT molecular complexity index is 1260. The second-order valence-electron chi connectivity index (χ2n) is 7.72. The van der Waals surface area contributed by atoms with E-state index >= 15 is 0 Å². The Labute approximate surface area is 208 Å². The molecule has 0 aliphatic heterocycles. The number of rotatable bonds is 10. The molecule has 8 nitrogen and oxygen atoms in total. The van der Waals surface area contributed by atoms with Gasteiger partial charge in [0, 0.05) is 17.1 Å². The van der Waals surface area contributed by atoms with Gasteiger partial charge in [0.15, 0.2) is 11.0 Å². The summed E-state index contributed by atoms with van der Waals surface area (Å²) in [7, 11) is 3.25. The van der Waals surface area contributed by atoms with Crippen molar-refractivity contribution < 1.29 is 14.3 Å². The summed E-state index contributed by atoms with van der Waals surface area (Å²) in [4.78, 5) is 12.6. The van der Waals surface area contributed by atoms with Gasteiger partial charge in [0.1, 0.15) is 11.5 Å². The molecule has 0 spiro atoms. The topological polar surface area (TPSA) is 90.3 Å².